The number of hydrogen-bond acceptors (Lipinski definition) is 5. The average Bonchev–Trinajstić information content (AvgIpc) is 3.10. The molecule has 1 aromatic carbocycles. The molecule has 0 saturated carbocycles. The van der Waals surface area contributed by atoms with Crippen molar-refractivity contribution >= 4 is 11.6 Å². The van der Waals surface area contributed by atoms with Crippen molar-refractivity contribution in [1.29, 1.82) is 0 Å². The summed E-state index contributed by atoms with van der Waals surface area (Å²) in [4.78, 5) is 15.9. The largest absolute Gasteiger partial charge is 0.433 e. The fraction of sp³-hybridized carbons (Fsp3) is 0.133. The highest BCUT2D eigenvalue weighted by Crippen LogP contribution is 2.28. The van der Waals surface area contributed by atoms with E-state index < -0.39 is 23.8 Å². The van der Waals surface area contributed by atoms with Gasteiger partial charge in [0.15, 0.2) is 6.04 Å². The van der Waals surface area contributed by atoms with Crippen LogP contribution in [0, 0.1) is 0 Å². The Balaban J connectivity index is 1.84. The van der Waals surface area contributed by atoms with Gasteiger partial charge in [-0.25, -0.2) is 9.67 Å². The molecule has 0 aliphatic rings. The maximum absolute atomic E-state index is 12.6. The van der Waals surface area contributed by atoms with Crippen molar-refractivity contribution in [2.75, 3.05) is 5.32 Å². The van der Waals surface area contributed by atoms with Crippen molar-refractivity contribution < 1.29 is 18.0 Å². The highest BCUT2D eigenvalue weighted by molar-refractivity contribution is 5.95. The van der Waals surface area contributed by atoms with E-state index in [2.05, 4.69) is 25.8 Å². The van der Waals surface area contributed by atoms with Gasteiger partial charge in [-0.15, -0.1) is 5.10 Å². The predicted octanol–water partition coefficient (Wildman–Crippen LogP) is 2.31. The Morgan fingerprint density at radius 1 is 1.12 bits per heavy atom. The van der Waals surface area contributed by atoms with Gasteiger partial charge in [0.1, 0.15) is 12.0 Å². The molecule has 2 aromatic heterocycles. The molecular weight excluding hydrogens is 337 g/mol. The molecule has 3 rings (SSSR count). The molecule has 3 aromatic rings. The van der Waals surface area contributed by atoms with Gasteiger partial charge in [0, 0.05) is 0 Å². The van der Waals surface area contributed by atoms with Gasteiger partial charge >= 0.3 is 6.18 Å². The van der Waals surface area contributed by atoms with Crippen LogP contribution in [0.2, 0.25) is 0 Å². The first-order chi connectivity index (χ1) is 11.9. The van der Waals surface area contributed by atoms with Gasteiger partial charge < -0.3 is 5.32 Å². The molecule has 0 fully saturated rings. The number of benzene rings is 1. The summed E-state index contributed by atoms with van der Waals surface area (Å²) in [6.45, 7) is 0. The van der Waals surface area contributed by atoms with Crippen LogP contribution in [0.4, 0.5) is 18.9 Å². The first kappa shape index (κ1) is 16.6. The van der Waals surface area contributed by atoms with Crippen LogP contribution in [0.25, 0.3) is 0 Å². The monoisotopic (exact) mass is 348 g/mol. The standard InChI is InChI=1S/C15H11F3N6O/c16-15(17,18)12-7-6-11(8-19-12)21-14(25)13(24-9-20-22-23-24)10-4-2-1-3-5-10/h1-9,13H,(H,21,25). The third-order valence-corrected chi connectivity index (χ3v) is 3.31. The molecule has 128 valence electrons. The van der Waals surface area contributed by atoms with E-state index in [0.29, 0.717) is 5.56 Å². The summed E-state index contributed by atoms with van der Waals surface area (Å²) < 4.78 is 38.9. The van der Waals surface area contributed by atoms with Crippen molar-refractivity contribution in [2.45, 2.75) is 12.2 Å². The van der Waals surface area contributed by atoms with E-state index in [0.717, 1.165) is 18.3 Å². The number of carbonyl (C=O) groups excluding carboxylic acids is 1. The second-order valence-electron chi connectivity index (χ2n) is 5.02. The summed E-state index contributed by atoms with van der Waals surface area (Å²) in [6, 6.07) is 9.78. The minimum atomic E-state index is -4.54. The minimum Gasteiger partial charge on any atom is -0.323 e. The van der Waals surface area contributed by atoms with Crippen LogP contribution in [0.15, 0.2) is 55.0 Å². The molecule has 0 radical (unpaired) electrons. The van der Waals surface area contributed by atoms with Crippen molar-refractivity contribution in [3.05, 3.63) is 66.2 Å². The Morgan fingerprint density at radius 3 is 2.44 bits per heavy atom. The number of hydrogen-bond donors (Lipinski definition) is 1. The summed E-state index contributed by atoms with van der Waals surface area (Å²) in [5.74, 6) is -0.514. The predicted molar refractivity (Wildman–Crippen MR) is 80.3 cm³/mol. The number of nitrogens with zero attached hydrogens (tertiary/aromatic N) is 5. The lowest BCUT2D eigenvalue weighted by molar-refractivity contribution is -0.141. The van der Waals surface area contributed by atoms with Gasteiger partial charge in [-0.3, -0.25) is 4.79 Å². The second kappa shape index (κ2) is 6.67. The van der Waals surface area contributed by atoms with Crippen molar-refractivity contribution in [3.63, 3.8) is 0 Å². The maximum Gasteiger partial charge on any atom is 0.433 e. The highest BCUT2D eigenvalue weighted by Gasteiger charge is 2.32. The number of nitrogens with one attached hydrogen (secondary N) is 1. The van der Waals surface area contributed by atoms with E-state index in [1.807, 2.05) is 0 Å². The fourth-order valence-electron chi connectivity index (χ4n) is 2.19. The molecule has 10 heteroatoms. The molecule has 1 N–H and O–H groups in total. The number of pyridine rings is 1. The topological polar surface area (TPSA) is 85.6 Å². The first-order valence-corrected chi connectivity index (χ1v) is 7.06. The van der Waals surface area contributed by atoms with Crippen molar-refractivity contribution in [3.8, 4) is 0 Å². The molecule has 1 amide bonds. The van der Waals surface area contributed by atoms with E-state index >= 15 is 0 Å². The summed E-state index contributed by atoms with van der Waals surface area (Å²) in [7, 11) is 0. The van der Waals surface area contributed by atoms with Gasteiger partial charge in [0.2, 0.25) is 0 Å². The summed E-state index contributed by atoms with van der Waals surface area (Å²) in [6.07, 6.45) is -2.31. The van der Waals surface area contributed by atoms with Crippen molar-refractivity contribution in [1.82, 2.24) is 25.2 Å². The number of anilines is 1. The third kappa shape index (κ3) is 3.79. The molecule has 1 atom stereocenters. The van der Waals surface area contributed by atoms with E-state index in [1.54, 1.807) is 30.3 Å². The van der Waals surface area contributed by atoms with E-state index in [4.69, 9.17) is 0 Å². The van der Waals surface area contributed by atoms with Crippen LogP contribution in [-0.4, -0.2) is 31.1 Å². The van der Waals surface area contributed by atoms with Gasteiger partial charge in [-0.05, 0) is 28.1 Å². The number of rotatable bonds is 4. The molecule has 0 saturated heterocycles. The fourth-order valence-corrected chi connectivity index (χ4v) is 2.19. The number of carbonyl (C=O) groups is 1. The molecule has 0 bridgehead atoms. The van der Waals surface area contributed by atoms with E-state index in [1.165, 1.54) is 11.0 Å². The van der Waals surface area contributed by atoms with Gasteiger partial charge in [0.05, 0.1) is 11.9 Å². The zero-order valence-electron chi connectivity index (χ0n) is 12.6. The maximum atomic E-state index is 12.6. The molecule has 1 unspecified atom stereocenters. The number of amides is 1. The van der Waals surface area contributed by atoms with E-state index in [-0.39, 0.29) is 5.69 Å². The SMILES string of the molecule is O=C(Nc1ccc(C(F)(F)F)nc1)C(c1ccccc1)n1cnnn1. The number of alkyl halides is 3. The van der Waals surface area contributed by atoms with Crippen LogP contribution < -0.4 is 5.32 Å². The molecule has 0 aliphatic carbocycles. The number of halogens is 3. The van der Waals surface area contributed by atoms with Crippen LogP contribution >= 0.6 is 0 Å². The zero-order valence-corrected chi connectivity index (χ0v) is 12.6. The number of tetrazole rings is 1. The highest BCUT2D eigenvalue weighted by atomic mass is 19.4. The lowest BCUT2D eigenvalue weighted by atomic mass is 10.1. The number of aromatic nitrogens is 5. The third-order valence-electron chi connectivity index (χ3n) is 3.31. The average molecular weight is 348 g/mol. The second-order valence-corrected chi connectivity index (χ2v) is 5.02. The molecule has 2 heterocycles. The Morgan fingerprint density at radius 2 is 1.88 bits per heavy atom. The first-order valence-electron chi connectivity index (χ1n) is 7.06. The molecular formula is C15H11F3N6O. The summed E-state index contributed by atoms with van der Waals surface area (Å²) in [5, 5.41) is 13.3. The molecule has 7 nitrogen and oxygen atoms in total. The van der Waals surface area contributed by atoms with Crippen LogP contribution in [0.1, 0.15) is 17.3 Å². The van der Waals surface area contributed by atoms with Gasteiger partial charge in [0.25, 0.3) is 5.91 Å². The molecule has 0 spiro atoms. The van der Waals surface area contributed by atoms with E-state index in [9.17, 15) is 18.0 Å². The smallest absolute Gasteiger partial charge is 0.323 e. The lowest BCUT2D eigenvalue weighted by Crippen LogP contribution is -2.27. The summed E-state index contributed by atoms with van der Waals surface area (Å²) >= 11 is 0. The Bertz CT molecular complexity index is 834. The van der Waals surface area contributed by atoms with Crippen molar-refractivity contribution in [2.24, 2.45) is 0 Å². The Hall–Kier alpha value is -3.30. The quantitative estimate of drug-likeness (QED) is 0.782. The van der Waals surface area contributed by atoms with Crippen LogP contribution in [0.5, 0.6) is 0 Å². The van der Waals surface area contributed by atoms with Crippen LogP contribution in [0.3, 0.4) is 0 Å². The summed E-state index contributed by atoms with van der Waals surface area (Å²) in [5.41, 5.74) is -0.287. The zero-order chi connectivity index (χ0) is 17.9. The normalized spacial score (nSPS) is 12.6. The Kier molecular flexibility index (Phi) is 4.42. The lowest BCUT2D eigenvalue weighted by Gasteiger charge is -2.16. The molecule has 25 heavy (non-hydrogen) atoms. The van der Waals surface area contributed by atoms with Gasteiger partial charge in [-0.1, -0.05) is 30.3 Å². The van der Waals surface area contributed by atoms with Crippen LogP contribution in [-0.2, 0) is 11.0 Å². The van der Waals surface area contributed by atoms with Gasteiger partial charge in [-0.2, -0.15) is 13.2 Å². The molecule has 0 aliphatic heterocycles. The Labute approximate surface area is 139 Å². The minimum absolute atomic E-state index is 0.131.